The Balaban J connectivity index is 2.91. The molecule has 0 fully saturated rings. The summed E-state index contributed by atoms with van der Waals surface area (Å²) in [5.41, 5.74) is 0.434. The molecule has 0 radical (unpaired) electrons. The van der Waals surface area contributed by atoms with Crippen LogP contribution in [0.1, 0.15) is 19.4 Å². The van der Waals surface area contributed by atoms with Crippen LogP contribution in [0.5, 0.6) is 0 Å². The van der Waals surface area contributed by atoms with Crippen LogP contribution >= 0.6 is 0 Å². The van der Waals surface area contributed by atoms with E-state index in [1.165, 1.54) is 18.2 Å². The molecular weight excluding hydrogens is 232 g/mol. The van der Waals surface area contributed by atoms with Gasteiger partial charge in [-0.2, -0.15) is 0 Å². The Morgan fingerprint density at radius 3 is 2.50 bits per heavy atom. The highest BCUT2D eigenvalue weighted by Gasteiger charge is 2.10. The van der Waals surface area contributed by atoms with Gasteiger partial charge in [-0.15, -0.1) is 0 Å². The van der Waals surface area contributed by atoms with Crippen molar-refractivity contribution in [2.45, 2.75) is 13.8 Å². The van der Waals surface area contributed by atoms with Crippen molar-refractivity contribution in [3.8, 4) is 0 Å². The molecule has 18 heavy (non-hydrogen) atoms. The average molecular weight is 248 g/mol. The summed E-state index contributed by atoms with van der Waals surface area (Å²) < 4.78 is 0. The second-order valence-corrected chi connectivity index (χ2v) is 3.66. The van der Waals surface area contributed by atoms with Gasteiger partial charge in [-0.05, 0) is 26.0 Å². The molecule has 0 heterocycles. The van der Waals surface area contributed by atoms with Gasteiger partial charge in [0.15, 0.2) is 0 Å². The fourth-order valence-electron chi connectivity index (χ4n) is 1.60. The van der Waals surface area contributed by atoms with E-state index in [1.54, 1.807) is 23.1 Å². The number of nitro groups is 1. The highest BCUT2D eigenvalue weighted by Crippen LogP contribution is 2.18. The number of hydrogen-bond donors (Lipinski definition) is 0. The highest BCUT2D eigenvalue weighted by atomic mass is 16.6. The van der Waals surface area contributed by atoms with Crippen molar-refractivity contribution in [2.75, 3.05) is 13.1 Å². The maximum absolute atomic E-state index is 11.7. The number of para-hydroxylation sites is 1. The molecular formula is C13H16N2O3. The molecule has 0 saturated carbocycles. The van der Waals surface area contributed by atoms with E-state index in [0.717, 1.165) is 0 Å². The van der Waals surface area contributed by atoms with Crippen molar-refractivity contribution in [3.63, 3.8) is 0 Å². The number of nitrogens with zero attached hydrogens (tertiary/aromatic N) is 2. The molecule has 96 valence electrons. The lowest BCUT2D eigenvalue weighted by Crippen LogP contribution is -2.28. The van der Waals surface area contributed by atoms with Crippen LogP contribution in [0, 0.1) is 10.1 Å². The Morgan fingerprint density at radius 2 is 1.94 bits per heavy atom. The first kappa shape index (κ1) is 13.9. The van der Waals surface area contributed by atoms with E-state index >= 15 is 0 Å². The molecule has 0 atom stereocenters. The summed E-state index contributed by atoms with van der Waals surface area (Å²) in [6, 6.07) is 6.34. The number of carbonyl (C=O) groups excluding carboxylic acids is 1. The zero-order valence-corrected chi connectivity index (χ0v) is 10.5. The Labute approximate surface area is 106 Å². The third-order valence-corrected chi connectivity index (χ3v) is 2.61. The van der Waals surface area contributed by atoms with Gasteiger partial charge in [0.05, 0.1) is 10.5 Å². The third kappa shape index (κ3) is 3.41. The zero-order valence-electron chi connectivity index (χ0n) is 10.5. The predicted molar refractivity (Wildman–Crippen MR) is 70.1 cm³/mol. The quantitative estimate of drug-likeness (QED) is 0.457. The van der Waals surface area contributed by atoms with E-state index in [0.29, 0.717) is 18.7 Å². The van der Waals surface area contributed by atoms with Crippen LogP contribution in [0.15, 0.2) is 30.3 Å². The molecule has 5 heteroatoms. The number of amides is 1. The van der Waals surface area contributed by atoms with Gasteiger partial charge in [0.25, 0.3) is 5.69 Å². The van der Waals surface area contributed by atoms with Gasteiger partial charge in [-0.3, -0.25) is 14.9 Å². The Bertz CT molecular complexity index is 465. The average Bonchev–Trinajstić information content (AvgIpc) is 2.38. The van der Waals surface area contributed by atoms with E-state index in [9.17, 15) is 14.9 Å². The first-order valence-corrected chi connectivity index (χ1v) is 5.80. The summed E-state index contributed by atoms with van der Waals surface area (Å²) in [4.78, 5) is 23.7. The van der Waals surface area contributed by atoms with Gasteiger partial charge in [0, 0.05) is 25.2 Å². The lowest BCUT2D eigenvalue weighted by molar-refractivity contribution is -0.385. The molecule has 0 aliphatic carbocycles. The summed E-state index contributed by atoms with van der Waals surface area (Å²) in [6.07, 6.45) is 2.86. The van der Waals surface area contributed by atoms with Crippen molar-refractivity contribution in [2.24, 2.45) is 0 Å². The molecule has 0 aliphatic rings. The van der Waals surface area contributed by atoms with Gasteiger partial charge in [0.1, 0.15) is 0 Å². The molecule has 0 aromatic heterocycles. The van der Waals surface area contributed by atoms with E-state index < -0.39 is 4.92 Å². The Hall–Kier alpha value is -2.17. The van der Waals surface area contributed by atoms with E-state index in [-0.39, 0.29) is 11.6 Å². The monoisotopic (exact) mass is 248 g/mol. The first-order chi connectivity index (χ1) is 8.60. The second-order valence-electron chi connectivity index (χ2n) is 3.66. The SMILES string of the molecule is CCN(CC)C(=O)/C=C/c1ccccc1[N+](=O)[O-]. The van der Waals surface area contributed by atoms with Gasteiger partial charge in [-0.25, -0.2) is 0 Å². The number of nitro benzene ring substituents is 1. The number of carbonyl (C=O) groups is 1. The molecule has 1 amide bonds. The summed E-state index contributed by atoms with van der Waals surface area (Å²) >= 11 is 0. The second kappa shape index (κ2) is 6.54. The molecule has 0 spiro atoms. The molecule has 0 bridgehead atoms. The van der Waals surface area contributed by atoms with Crippen LogP contribution in [0.3, 0.4) is 0 Å². The number of hydrogen-bond acceptors (Lipinski definition) is 3. The maximum Gasteiger partial charge on any atom is 0.276 e. The molecule has 0 N–H and O–H groups in total. The molecule has 0 saturated heterocycles. The minimum absolute atomic E-state index is 0.00102. The topological polar surface area (TPSA) is 63.5 Å². The smallest absolute Gasteiger partial charge is 0.276 e. The zero-order chi connectivity index (χ0) is 13.5. The summed E-state index contributed by atoms with van der Waals surface area (Å²) in [6.45, 7) is 5.02. The van der Waals surface area contributed by atoms with Crippen LogP contribution < -0.4 is 0 Å². The summed E-state index contributed by atoms with van der Waals surface area (Å²) in [5, 5.41) is 10.8. The van der Waals surface area contributed by atoms with E-state index in [4.69, 9.17) is 0 Å². The van der Waals surface area contributed by atoms with E-state index in [2.05, 4.69) is 0 Å². The number of likely N-dealkylation sites (N-methyl/N-ethyl adjacent to an activating group) is 1. The Kier molecular flexibility index (Phi) is 5.05. The van der Waals surface area contributed by atoms with Gasteiger partial charge < -0.3 is 4.90 Å². The maximum atomic E-state index is 11.7. The summed E-state index contributed by atoms with van der Waals surface area (Å²) in [5.74, 6) is -0.141. The third-order valence-electron chi connectivity index (χ3n) is 2.61. The standard InChI is InChI=1S/C13H16N2O3/c1-3-14(4-2)13(16)10-9-11-7-5-6-8-12(11)15(17)18/h5-10H,3-4H2,1-2H3/b10-9+. The molecule has 1 aromatic carbocycles. The predicted octanol–water partition coefficient (Wildman–Crippen LogP) is 2.48. The lowest BCUT2D eigenvalue weighted by atomic mass is 10.1. The lowest BCUT2D eigenvalue weighted by Gasteiger charge is -2.15. The molecule has 0 unspecified atom stereocenters. The molecule has 1 aromatic rings. The van der Waals surface area contributed by atoms with Gasteiger partial charge in [-0.1, -0.05) is 12.1 Å². The van der Waals surface area contributed by atoms with Gasteiger partial charge in [0.2, 0.25) is 5.91 Å². The van der Waals surface area contributed by atoms with Crippen molar-refractivity contribution in [1.82, 2.24) is 4.90 Å². The van der Waals surface area contributed by atoms with Crippen LogP contribution in [0.2, 0.25) is 0 Å². The van der Waals surface area contributed by atoms with Crippen LogP contribution in [-0.4, -0.2) is 28.8 Å². The highest BCUT2D eigenvalue weighted by molar-refractivity contribution is 5.92. The minimum atomic E-state index is -0.457. The number of benzene rings is 1. The fraction of sp³-hybridized carbons (Fsp3) is 0.308. The largest absolute Gasteiger partial charge is 0.340 e. The van der Waals surface area contributed by atoms with Crippen molar-refractivity contribution >= 4 is 17.7 Å². The van der Waals surface area contributed by atoms with Crippen molar-refractivity contribution < 1.29 is 9.72 Å². The van der Waals surface area contributed by atoms with E-state index in [1.807, 2.05) is 13.8 Å². The van der Waals surface area contributed by atoms with Crippen molar-refractivity contribution in [1.29, 1.82) is 0 Å². The number of rotatable bonds is 5. The van der Waals surface area contributed by atoms with Crippen LogP contribution in [-0.2, 0) is 4.79 Å². The minimum Gasteiger partial charge on any atom is -0.340 e. The molecule has 1 rings (SSSR count). The normalized spacial score (nSPS) is 10.6. The van der Waals surface area contributed by atoms with Crippen LogP contribution in [0.4, 0.5) is 5.69 Å². The van der Waals surface area contributed by atoms with Crippen LogP contribution in [0.25, 0.3) is 6.08 Å². The first-order valence-electron chi connectivity index (χ1n) is 5.80. The molecule has 5 nitrogen and oxygen atoms in total. The fourth-order valence-corrected chi connectivity index (χ4v) is 1.60. The van der Waals surface area contributed by atoms with Crippen molar-refractivity contribution in [3.05, 3.63) is 46.0 Å². The van der Waals surface area contributed by atoms with Gasteiger partial charge >= 0.3 is 0 Å². The Morgan fingerprint density at radius 1 is 1.33 bits per heavy atom. The summed E-state index contributed by atoms with van der Waals surface area (Å²) in [7, 11) is 0. The molecule has 0 aliphatic heterocycles.